The van der Waals surface area contributed by atoms with Crippen LogP contribution in [0.25, 0.3) is 0 Å². The summed E-state index contributed by atoms with van der Waals surface area (Å²) in [5.74, 6) is -0.620. The van der Waals surface area contributed by atoms with Crippen LogP contribution in [0.4, 0.5) is 0 Å². The summed E-state index contributed by atoms with van der Waals surface area (Å²) >= 11 is 0. The molecule has 3 rings (SSSR count). The van der Waals surface area contributed by atoms with Crippen molar-refractivity contribution in [2.75, 3.05) is 7.11 Å². The number of ether oxygens (including phenoxy) is 4. The first-order chi connectivity index (χ1) is 19.2. The Balaban J connectivity index is 1.74. The highest BCUT2D eigenvalue weighted by atomic mass is 16.6. The lowest BCUT2D eigenvalue weighted by atomic mass is 9.89. The summed E-state index contributed by atoms with van der Waals surface area (Å²) in [7, 11) is 1.37. The molecule has 40 heavy (non-hydrogen) atoms. The predicted octanol–water partition coefficient (Wildman–Crippen LogP) is 5.49. The number of cyclic esters (lactones) is 1. The predicted molar refractivity (Wildman–Crippen MR) is 153 cm³/mol. The lowest BCUT2D eigenvalue weighted by Crippen LogP contribution is -2.37. The van der Waals surface area contributed by atoms with E-state index < -0.39 is 6.10 Å². The number of primary amides is 1. The summed E-state index contributed by atoms with van der Waals surface area (Å²) in [6.07, 6.45) is 19.5. The van der Waals surface area contributed by atoms with Crippen LogP contribution in [-0.2, 0) is 33.3 Å². The van der Waals surface area contributed by atoms with Crippen LogP contribution in [0.2, 0.25) is 0 Å². The minimum atomic E-state index is -0.394. The Morgan fingerprint density at radius 1 is 0.975 bits per heavy atom. The Labute approximate surface area is 239 Å². The van der Waals surface area contributed by atoms with Gasteiger partial charge in [-0.25, -0.2) is 4.79 Å². The van der Waals surface area contributed by atoms with Crippen LogP contribution < -0.4 is 5.73 Å². The van der Waals surface area contributed by atoms with Crippen LogP contribution in [0.1, 0.15) is 97.3 Å². The van der Waals surface area contributed by atoms with Gasteiger partial charge in [0.25, 0.3) is 0 Å². The summed E-state index contributed by atoms with van der Waals surface area (Å²) in [6, 6.07) is 0. The number of hydrogen-bond donors (Lipinski definition) is 1. The van der Waals surface area contributed by atoms with E-state index in [4.69, 9.17) is 24.7 Å². The molecule has 0 radical (unpaired) electrons. The third-order valence-corrected chi connectivity index (χ3v) is 8.03. The smallest absolute Gasteiger partial charge is 0.330 e. The molecule has 224 valence electrons. The summed E-state index contributed by atoms with van der Waals surface area (Å²) in [6.45, 7) is 4.28. The molecule has 3 aliphatic heterocycles. The van der Waals surface area contributed by atoms with Gasteiger partial charge in [-0.3, -0.25) is 9.59 Å². The summed E-state index contributed by atoms with van der Waals surface area (Å²) in [4.78, 5) is 36.1. The lowest BCUT2D eigenvalue weighted by Gasteiger charge is -2.37. The lowest BCUT2D eigenvalue weighted by molar-refractivity contribution is -0.154. The van der Waals surface area contributed by atoms with Gasteiger partial charge in [0.15, 0.2) is 0 Å². The molecule has 1 amide bonds. The van der Waals surface area contributed by atoms with E-state index in [1.165, 1.54) is 7.11 Å². The maximum atomic E-state index is 13.2. The fourth-order valence-corrected chi connectivity index (χ4v) is 5.90. The molecule has 3 heterocycles. The molecule has 3 aliphatic rings. The Kier molecular flexibility index (Phi) is 13.4. The van der Waals surface area contributed by atoms with Gasteiger partial charge in [0, 0.05) is 24.8 Å². The fourth-order valence-electron chi connectivity index (χ4n) is 5.90. The van der Waals surface area contributed by atoms with Crippen molar-refractivity contribution < 1.29 is 33.3 Å². The van der Waals surface area contributed by atoms with Gasteiger partial charge in [-0.1, -0.05) is 44.1 Å². The third kappa shape index (κ3) is 11.6. The van der Waals surface area contributed by atoms with E-state index in [2.05, 4.69) is 32.1 Å². The van der Waals surface area contributed by atoms with Gasteiger partial charge >= 0.3 is 11.9 Å². The number of carbonyl (C=O) groups excluding carboxylic acids is 3. The number of methoxy groups -OCH3 is 1. The molecule has 0 saturated carbocycles. The largest absolute Gasteiger partial charge is 0.466 e. The number of fused-ring (bicyclic) bond motifs is 4. The van der Waals surface area contributed by atoms with Crippen molar-refractivity contribution in [2.45, 2.75) is 128 Å². The third-order valence-electron chi connectivity index (χ3n) is 8.03. The second kappa shape index (κ2) is 16.7. The number of nitrogens with two attached hydrogens (primary N) is 1. The number of unbranched alkanes of at least 4 members (excludes halogenated alkanes) is 3. The first-order valence-corrected chi connectivity index (χ1v) is 15.1. The minimum absolute atomic E-state index is 0.000226. The van der Waals surface area contributed by atoms with E-state index in [0.29, 0.717) is 25.2 Å². The normalized spacial score (nSPS) is 33.8. The molecule has 0 aromatic rings. The van der Waals surface area contributed by atoms with Crippen LogP contribution in [0.5, 0.6) is 0 Å². The molecule has 0 aliphatic carbocycles. The standard InChI is InChI=1S/C32H49NO7/c1-22-14-15-23(2)29(12-7-5-4-6-8-13-30(33)34)40-32(36)21-28-18-24(19-31(35)37-3)17-27(39-28)20-26-11-9-10-25(16-22)38-26/h7,12,14-15,19,22-23,25-29H,4-6,8-11,13,16-18,20-21H2,1-3H3,(H2,33,34)/b12-7+,15-14+,24-19-. The van der Waals surface area contributed by atoms with Crippen LogP contribution in [0.15, 0.2) is 36.0 Å². The first kappa shape index (κ1) is 32.1. The van der Waals surface area contributed by atoms with Gasteiger partial charge in [0.05, 0.1) is 37.9 Å². The maximum absolute atomic E-state index is 13.2. The Bertz CT molecular complexity index is 926. The molecular formula is C32H49NO7. The zero-order valence-corrected chi connectivity index (χ0v) is 24.6. The molecule has 0 aromatic carbocycles. The topological polar surface area (TPSA) is 114 Å². The van der Waals surface area contributed by atoms with Crippen molar-refractivity contribution in [2.24, 2.45) is 17.6 Å². The van der Waals surface area contributed by atoms with E-state index in [0.717, 1.165) is 63.4 Å². The van der Waals surface area contributed by atoms with E-state index in [9.17, 15) is 14.4 Å². The molecule has 7 atom stereocenters. The van der Waals surface area contributed by atoms with Crippen LogP contribution in [0.3, 0.4) is 0 Å². The maximum Gasteiger partial charge on any atom is 0.330 e. The highest BCUT2D eigenvalue weighted by Gasteiger charge is 2.33. The molecular weight excluding hydrogens is 510 g/mol. The van der Waals surface area contributed by atoms with E-state index in [-0.39, 0.29) is 54.6 Å². The van der Waals surface area contributed by atoms with Crippen LogP contribution in [0, 0.1) is 11.8 Å². The number of esters is 2. The molecule has 0 aromatic heterocycles. The average molecular weight is 560 g/mol. The van der Waals surface area contributed by atoms with Crippen molar-refractivity contribution in [1.29, 1.82) is 0 Å². The molecule has 2 fully saturated rings. The van der Waals surface area contributed by atoms with Crippen molar-refractivity contribution in [3.05, 3.63) is 36.0 Å². The van der Waals surface area contributed by atoms with Gasteiger partial charge in [-0.05, 0) is 69.8 Å². The fraction of sp³-hybridized carbons (Fsp3) is 0.719. The number of hydrogen-bond acceptors (Lipinski definition) is 7. The van der Waals surface area contributed by atoms with E-state index in [1.807, 2.05) is 6.08 Å². The van der Waals surface area contributed by atoms with Crippen LogP contribution in [-0.4, -0.2) is 55.5 Å². The highest BCUT2D eigenvalue weighted by Crippen LogP contribution is 2.33. The van der Waals surface area contributed by atoms with Gasteiger partial charge in [-0.2, -0.15) is 0 Å². The minimum Gasteiger partial charge on any atom is -0.466 e. The molecule has 7 unspecified atom stereocenters. The summed E-state index contributed by atoms with van der Waals surface area (Å²) in [5, 5.41) is 0. The Morgan fingerprint density at radius 2 is 1.70 bits per heavy atom. The molecule has 2 saturated heterocycles. The number of allylic oxidation sites excluding steroid dienone is 2. The number of rotatable bonds is 8. The van der Waals surface area contributed by atoms with Crippen LogP contribution >= 0.6 is 0 Å². The van der Waals surface area contributed by atoms with Crippen molar-refractivity contribution in [3.63, 3.8) is 0 Å². The zero-order valence-electron chi connectivity index (χ0n) is 24.6. The Hall–Kier alpha value is -2.45. The van der Waals surface area contributed by atoms with Gasteiger partial charge < -0.3 is 24.7 Å². The summed E-state index contributed by atoms with van der Waals surface area (Å²) < 4.78 is 23.8. The quantitative estimate of drug-likeness (QED) is 0.181. The second-order valence-corrected chi connectivity index (χ2v) is 11.8. The summed E-state index contributed by atoms with van der Waals surface area (Å²) in [5.41, 5.74) is 6.16. The van der Waals surface area contributed by atoms with Crippen molar-refractivity contribution >= 4 is 17.8 Å². The van der Waals surface area contributed by atoms with Crippen molar-refractivity contribution in [3.8, 4) is 0 Å². The number of carbonyl (C=O) groups is 3. The molecule has 0 spiro atoms. The van der Waals surface area contributed by atoms with Gasteiger partial charge in [0.1, 0.15) is 6.10 Å². The monoisotopic (exact) mass is 559 g/mol. The van der Waals surface area contributed by atoms with Gasteiger partial charge in [0.2, 0.25) is 5.91 Å². The molecule has 2 N–H and O–H groups in total. The molecule has 8 nitrogen and oxygen atoms in total. The zero-order chi connectivity index (χ0) is 28.9. The Morgan fingerprint density at radius 3 is 2.45 bits per heavy atom. The SMILES string of the molecule is COC(=O)/C=C1\CC2CC(=O)OC(/C=C/CCCCCC(N)=O)C(C)/C=C/C(C)CC3CCCC(CC(C1)O2)O3. The van der Waals surface area contributed by atoms with E-state index in [1.54, 1.807) is 6.08 Å². The molecule has 4 bridgehead atoms. The molecule has 8 heteroatoms. The first-order valence-electron chi connectivity index (χ1n) is 15.1. The average Bonchev–Trinajstić information content (AvgIpc) is 2.89. The van der Waals surface area contributed by atoms with Crippen molar-refractivity contribution in [1.82, 2.24) is 0 Å². The number of amides is 1. The van der Waals surface area contributed by atoms with Gasteiger partial charge in [-0.15, -0.1) is 0 Å². The second-order valence-electron chi connectivity index (χ2n) is 11.8. The highest BCUT2D eigenvalue weighted by molar-refractivity contribution is 5.82. The van der Waals surface area contributed by atoms with E-state index >= 15 is 0 Å².